The number of benzene rings is 1. The minimum Gasteiger partial charge on any atom is -0.171 e. The van der Waals surface area contributed by atoms with E-state index in [1.54, 1.807) is 0 Å². The van der Waals surface area contributed by atoms with Crippen molar-refractivity contribution in [2.75, 3.05) is 0 Å². The maximum atomic E-state index is 12.4. The number of aryl methyl sites for hydroxylation is 2. The van der Waals surface area contributed by atoms with Crippen LogP contribution in [0.4, 0.5) is 26.3 Å². The Kier molecular flexibility index (Phi) is 6.76. The summed E-state index contributed by atoms with van der Waals surface area (Å²) in [7, 11) is 0. The largest absolute Gasteiger partial charge is 0.392 e. The third-order valence-corrected chi connectivity index (χ3v) is 5.02. The number of hydrogen-bond donors (Lipinski definition) is 0. The third kappa shape index (κ3) is 5.42. The van der Waals surface area contributed by atoms with Gasteiger partial charge in [0.2, 0.25) is 0 Å². The Bertz CT molecular complexity index is 487. The van der Waals surface area contributed by atoms with Gasteiger partial charge in [-0.15, -0.1) is 0 Å². The predicted octanol–water partition coefficient (Wildman–Crippen LogP) is 6.78. The lowest BCUT2D eigenvalue weighted by Crippen LogP contribution is -2.41. The topological polar surface area (TPSA) is 0 Å². The standard InChI is InChI=1S/C9H12F6.C9H12/c1-5-6(8(10,11)12)3-2-4-7(5)9(13,14)15;1-7-5-4-6-8(2)9(7)3/h5-7H,2-4H2,1H3;4-6H,1-3H3. The molecule has 0 N–H and O–H groups in total. The molecule has 1 aromatic carbocycles. The van der Waals surface area contributed by atoms with E-state index in [9.17, 15) is 26.3 Å². The third-order valence-electron chi connectivity index (χ3n) is 5.02. The molecule has 1 aromatic rings. The van der Waals surface area contributed by atoms with Crippen molar-refractivity contribution in [1.29, 1.82) is 0 Å². The van der Waals surface area contributed by atoms with Crippen LogP contribution in [0.15, 0.2) is 18.2 Å². The zero-order valence-corrected chi connectivity index (χ0v) is 14.4. The van der Waals surface area contributed by atoms with E-state index >= 15 is 0 Å². The maximum absolute atomic E-state index is 12.4. The van der Waals surface area contributed by atoms with Crippen molar-refractivity contribution in [3.8, 4) is 0 Å². The second-order valence-electron chi connectivity index (χ2n) is 6.60. The minimum atomic E-state index is -4.51. The second kappa shape index (κ2) is 7.79. The van der Waals surface area contributed by atoms with E-state index in [0.717, 1.165) is 6.92 Å². The Morgan fingerprint density at radius 1 is 0.792 bits per heavy atom. The second-order valence-corrected chi connectivity index (χ2v) is 6.60. The molecule has 0 heterocycles. The van der Waals surface area contributed by atoms with E-state index < -0.39 is 30.1 Å². The fourth-order valence-electron chi connectivity index (χ4n) is 3.19. The highest BCUT2D eigenvalue weighted by molar-refractivity contribution is 5.31. The molecule has 0 saturated heterocycles. The van der Waals surface area contributed by atoms with Gasteiger partial charge < -0.3 is 0 Å². The van der Waals surface area contributed by atoms with Crippen LogP contribution in [0.1, 0.15) is 42.9 Å². The maximum Gasteiger partial charge on any atom is 0.392 e. The molecule has 0 aliphatic heterocycles. The smallest absolute Gasteiger partial charge is 0.171 e. The van der Waals surface area contributed by atoms with Gasteiger partial charge in [0.05, 0.1) is 11.8 Å². The first-order valence-electron chi connectivity index (χ1n) is 8.02. The average Bonchev–Trinajstić information content (AvgIpc) is 2.43. The molecule has 2 unspecified atom stereocenters. The van der Waals surface area contributed by atoms with E-state index in [0.29, 0.717) is 0 Å². The summed E-state index contributed by atoms with van der Waals surface area (Å²) < 4.78 is 74.3. The molecule has 1 aliphatic rings. The van der Waals surface area contributed by atoms with Crippen molar-refractivity contribution in [3.63, 3.8) is 0 Å². The molecule has 2 atom stereocenters. The molecule has 0 aromatic heterocycles. The Hall–Kier alpha value is -1.20. The molecule has 2 rings (SSSR count). The van der Waals surface area contributed by atoms with Crippen LogP contribution in [0.25, 0.3) is 0 Å². The predicted molar refractivity (Wildman–Crippen MR) is 82.8 cm³/mol. The van der Waals surface area contributed by atoms with Crippen molar-refractivity contribution < 1.29 is 26.3 Å². The number of hydrogen-bond acceptors (Lipinski definition) is 0. The lowest BCUT2D eigenvalue weighted by molar-refractivity contribution is -0.242. The number of halogens is 6. The lowest BCUT2D eigenvalue weighted by Gasteiger charge is -2.37. The monoisotopic (exact) mass is 354 g/mol. The van der Waals surface area contributed by atoms with E-state index in [1.165, 1.54) is 16.7 Å². The molecular weight excluding hydrogens is 330 g/mol. The molecule has 0 radical (unpaired) electrons. The van der Waals surface area contributed by atoms with Crippen LogP contribution in [-0.4, -0.2) is 12.4 Å². The molecule has 0 amide bonds. The van der Waals surface area contributed by atoms with Crippen molar-refractivity contribution >= 4 is 0 Å². The summed E-state index contributed by atoms with van der Waals surface area (Å²) in [4.78, 5) is 0. The molecular formula is C18H24F6. The van der Waals surface area contributed by atoms with Crippen molar-refractivity contribution in [1.82, 2.24) is 0 Å². The average molecular weight is 354 g/mol. The lowest BCUT2D eigenvalue weighted by atomic mass is 9.72. The normalized spacial score (nSPS) is 25.0. The molecule has 0 nitrogen and oxygen atoms in total. The molecule has 1 saturated carbocycles. The van der Waals surface area contributed by atoms with Crippen LogP contribution >= 0.6 is 0 Å². The Labute approximate surface area is 139 Å². The van der Waals surface area contributed by atoms with Gasteiger partial charge in [-0.1, -0.05) is 31.5 Å². The molecule has 0 spiro atoms. The zero-order chi connectivity index (χ0) is 18.7. The van der Waals surface area contributed by atoms with E-state index in [1.807, 2.05) is 0 Å². The van der Waals surface area contributed by atoms with Gasteiger partial charge in [0.15, 0.2) is 0 Å². The summed E-state index contributed by atoms with van der Waals surface area (Å²) in [6, 6.07) is 6.38. The van der Waals surface area contributed by atoms with Gasteiger partial charge in [-0.05, 0) is 56.2 Å². The summed E-state index contributed by atoms with van der Waals surface area (Å²) in [5.41, 5.74) is 4.18. The van der Waals surface area contributed by atoms with E-state index in [-0.39, 0.29) is 19.3 Å². The molecule has 138 valence electrons. The summed E-state index contributed by atoms with van der Waals surface area (Å²) in [6.07, 6.45) is -9.39. The van der Waals surface area contributed by atoms with Crippen LogP contribution in [0.2, 0.25) is 0 Å². The van der Waals surface area contributed by atoms with E-state index in [2.05, 4.69) is 39.0 Å². The van der Waals surface area contributed by atoms with Gasteiger partial charge >= 0.3 is 12.4 Å². The van der Waals surface area contributed by atoms with Gasteiger partial charge in [-0.3, -0.25) is 0 Å². The van der Waals surface area contributed by atoms with Crippen LogP contribution in [0, 0.1) is 38.5 Å². The summed E-state index contributed by atoms with van der Waals surface area (Å²) in [5.74, 6) is -4.98. The van der Waals surface area contributed by atoms with Gasteiger partial charge in [-0.2, -0.15) is 26.3 Å². The highest BCUT2D eigenvalue weighted by Crippen LogP contribution is 2.49. The highest BCUT2D eigenvalue weighted by Gasteiger charge is 2.53. The summed E-state index contributed by atoms with van der Waals surface area (Å²) in [5, 5.41) is 0. The summed E-state index contributed by atoms with van der Waals surface area (Å²) in [6.45, 7) is 7.49. The molecule has 6 heteroatoms. The van der Waals surface area contributed by atoms with Gasteiger partial charge in [-0.25, -0.2) is 0 Å². The Morgan fingerprint density at radius 2 is 1.17 bits per heavy atom. The minimum absolute atomic E-state index is 0.00130. The van der Waals surface area contributed by atoms with Gasteiger partial charge in [0.25, 0.3) is 0 Å². The zero-order valence-electron chi connectivity index (χ0n) is 14.4. The number of alkyl halides is 6. The SMILES string of the molecule is CC1C(C(F)(F)F)CCCC1C(F)(F)F.Cc1cccc(C)c1C. The van der Waals surface area contributed by atoms with Crippen LogP contribution in [0.5, 0.6) is 0 Å². The molecule has 24 heavy (non-hydrogen) atoms. The van der Waals surface area contributed by atoms with Gasteiger partial charge in [0.1, 0.15) is 0 Å². The first-order chi connectivity index (χ1) is 10.9. The fraction of sp³-hybridized carbons (Fsp3) is 0.667. The van der Waals surface area contributed by atoms with Crippen molar-refractivity contribution in [2.45, 2.75) is 59.3 Å². The summed E-state index contributed by atoms with van der Waals surface area (Å²) >= 11 is 0. The van der Waals surface area contributed by atoms with Crippen LogP contribution < -0.4 is 0 Å². The first kappa shape index (κ1) is 20.8. The van der Waals surface area contributed by atoms with Crippen LogP contribution in [-0.2, 0) is 0 Å². The first-order valence-corrected chi connectivity index (χ1v) is 8.02. The molecule has 0 bridgehead atoms. The van der Waals surface area contributed by atoms with Crippen molar-refractivity contribution in [3.05, 3.63) is 34.9 Å². The van der Waals surface area contributed by atoms with Gasteiger partial charge in [0, 0.05) is 0 Å². The highest BCUT2D eigenvalue weighted by atomic mass is 19.4. The van der Waals surface area contributed by atoms with E-state index in [4.69, 9.17) is 0 Å². The van der Waals surface area contributed by atoms with Crippen LogP contribution in [0.3, 0.4) is 0 Å². The molecule has 1 aliphatic carbocycles. The number of rotatable bonds is 0. The Morgan fingerprint density at radius 3 is 1.46 bits per heavy atom. The Balaban J connectivity index is 0.000000272. The molecule has 1 fully saturated rings. The quantitative estimate of drug-likeness (QED) is 0.451. The van der Waals surface area contributed by atoms with Crippen molar-refractivity contribution in [2.24, 2.45) is 17.8 Å². The fourth-order valence-corrected chi connectivity index (χ4v) is 3.19.